The zero-order valence-corrected chi connectivity index (χ0v) is 8.76. The quantitative estimate of drug-likeness (QED) is 0.649. The molecule has 0 heterocycles. The maximum absolute atomic E-state index is 13.4. The van der Waals surface area contributed by atoms with Gasteiger partial charge in [0.1, 0.15) is 11.6 Å². The van der Waals surface area contributed by atoms with E-state index >= 15 is 0 Å². The van der Waals surface area contributed by atoms with E-state index in [0.29, 0.717) is 11.5 Å². The molecule has 1 aliphatic carbocycles. The lowest BCUT2D eigenvalue weighted by atomic mass is 9.87. The van der Waals surface area contributed by atoms with Gasteiger partial charge in [0.25, 0.3) is 0 Å². The Morgan fingerprint density at radius 3 is 2.73 bits per heavy atom. The van der Waals surface area contributed by atoms with Crippen LogP contribution in [0.25, 0.3) is 5.57 Å². The average molecular weight is 208 g/mol. The van der Waals surface area contributed by atoms with Crippen molar-refractivity contribution in [1.29, 1.82) is 0 Å². The fraction of sp³-hybridized carbons (Fsp3) is 0.385. The maximum Gasteiger partial charge on any atom is 0.130 e. The molecule has 0 bridgehead atoms. The highest BCUT2D eigenvalue weighted by molar-refractivity contribution is 5.66. The van der Waals surface area contributed by atoms with Crippen LogP contribution < -0.4 is 0 Å². The lowest BCUT2D eigenvalue weighted by Crippen LogP contribution is -2.02. The molecule has 0 aromatic heterocycles. The Kier molecular flexibility index (Phi) is 2.85. The molecule has 0 spiro atoms. The van der Waals surface area contributed by atoms with Gasteiger partial charge >= 0.3 is 0 Å². The average Bonchev–Trinajstić information content (AvgIpc) is 2.23. The zero-order chi connectivity index (χ0) is 10.8. The molecule has 1 aromatic rings. The van der Waals surface area contributed by atoms with E-state index in [1.807, 2.05) is 6.08 Å². The largest absolute Gasteiger partial charge is 0.207 e. The van der Waals surface area contributed by atoms with Crippen LogP contribution in [0.4, 0.5) is 8.78 Å². The molecule has 2 heteroatoms. The van der Waals surface area contributed by atoms with Crippen molar-refractivity contribution in [1.82, 2.24) is 0 Å². The minimum atomic E-state index is -0.370. The Morgan fingerprint density at radius 2 is 2.07 bits per heavy atom. The Bertz CT molecular complexity index is 394. The summed E-state index contributed by atoms with van der Waals surface area (Å²) in [6.07, 6.45) is 4.90. The zero-order valence-electron chi connectivity index (χ0n) is 8.76. The molecule has 80 valence electrons. The summed E-state index contributed by atoms with van der Waals surface area (Å²) in [5.74, 6) is -0.0338. The molecule has 0 fully saturated rings. The first-order valence-electron chi connectivity index (χ1n) is 5.31. The molecule has 0 aliphatic heterocycles. The van der Waals surface area contributed by atoms with Crippen LogP contribution in [0.2, 0.25) is 0 Å². The second-order valence-electron chi connectivity index (χ2n) is 4.23. The van der Waals surface area contributed by atoms with Crippen molar-refractivity contribution in [2.24, 2.45) is 5.92 Å². The number of rotatable bonds is 1. The lowest BCUT2D eigenvalue weighted by molar-refractivity contribution is 0.530. The molecule has 0 N–H and O–H groups in total. The van der Waals surface area contributed by atoms with E-state index < -0.39 is 0 Å². The number of halogens is 2. The molecule has 1 unspecified atom stereocenters. The van der Waals surface area contributed by atoms with Gasteiger partial charge < -0.3 is 0 Å². The third-order valence-corrected chi connectivity index (χ3v) is 2.95. The summed E-state index contributed by atoms with van der Waals surface area (Å²) in [5, 5.41) is 0. The first-order chi connectivity index (χ1) is 7.16. The lowest BCUT2D eigenvalue weighted by Gasteiger charge is -2.18. The summed E-state index contributed by atoms with van der Waals surface area (Å²) < 4.78 is 26.4. The van der Waals surface area contributed by atoms with Crippen LogP contribution in [0.15, 0.2) is 24.3 Å². The van der Waals surface area contributed by atoms with Gasteiger partial charge in [0.2, 0.25) is 0 Å². The molecule has 1 aromatic carbocycles. The van der Waals surface area contributed by atoms with Crippen LogP contribution in [-0.4, -0.2) is 0 Å². The highest BCUT2D eigenvalue weighted by atomic mass is 19.1. The summed E-state index contributed by atoms with van der Waals surface area (Å²) in [4.78, 5) is 0. The Balaban J connectivity index is 2.33. The van der Waals surface area contributed by atoms with Crippen molar-refractivity contribution in [3.05, 3.63) is 41.5 Å². The van der Waals surface area contributed by atoms with Crippen LogP contribution in [0.5, 0.6) is 0 Å². The normalized spacial score (nSPS) is 21.3. The Hall–Kier alpha value is -1.18. The summed E-state index contributed by atoms with van der Waals surface area (Å²) in [6, 6.07) is 3.64. The van der Waals surface area contributed by atoms with Crippen molar-refractivity contribution >= 4 is 5.57 Å². The fourth-order valence-electron chi connectivity index (χ4n) is 1.95. The molecule has 0 nitrogen and oxygen atoms in total. The van der Waals surface area contributed by atoms with Crippen LogP contribution in [0.3, 0.4) is 0 Å². The summed E-state index contributed by atoms with van der Waals surface area (Å²) in [5.41, 5.74) is 1.38. The molecule has 0 radical (unpaired) electrons. The van der Waals surface area contributed by atoms with Gasteiger partial charge in [-0.05, 0) is 49.0 Å². The predicted octanol–water partition coefficient (Wildman–Crippen LogP) is 4.17. The van der Waals surface area contributed by atoms with Gasteiger partial charge in [-0.15, -0.1) is 0 Å². The second-order valence-corrected chi connectivity index (χ2v) is 4.23. The van der Waals surface area contributed by atoms with Crippen LogP contribution >= 0.6 is 0 Å². The van der Waals surface area contributed by atoms with Crippen molar-refractivity contribution in [3.63, 3.8) is 0 Å². The van der Waals surface area contributed by atoms with Gasteiger partial charge in [0, 0.05) is 5.56 Å². The third kappa shape index (κ3) is 2.25. The molecule has 2 rings (SSSR count). The van der Waals surface area contributed by atoms with Gasteiger partial charge in [-0.3, -0.25) is 0 Å². The summed E-state index contributed by atoms with van der Waals surface area (Å²) in [7, 11) is 0. The van der Waals surface area contributed by atoms with Crippen LogP contribution in [-0.2, 0) is 0 Å². The summed E-state index contributed by atoms with van der Waals surface area (Å²) in [6.45, 7) is 2.18. The monoisotopic (exact) mass is 208 g/mol. The molecular formula is C13H14F2. The van der Waals surface area contributed by atoms with E-state index in [0.717, 1.165) is 30.9 Å². The molecular weight excluding hydrogens is 194 g/mol. The van der Waals surface area contributed by atoms with E-state index in [1.54, 1.807) is 0 Å². The standard InChI is InChI=1S/C13H14F2/c1-9-2-4-10(5-3-9)12-8-11(14)6-7-13(12)15/h4,6-9H,2-3,5H2,1H3. The second kappa shape index (κ2) is 4.13. The number of hydrogen-bond acceptors (Lipinski definition) is 0. The molecule has 0 saturated carbocycles. The van der Waals surface area contributed by atoms with E-state index in [9.17, 15) is 8.78 Å². The van der Waals surface area contributed by atoms with Gasteiger partial charge in [-0.25, -0.2) is 8.78 Å². The highest BCUT2D eigenvalue weighted by Crippen LogP contribution is 2.31. The fourth-order valence-corrected chi connectivity index (χ4v) is 1.95. The maximum atomic E-state index is 13.4. The number of allylic oxidation sites excluding steroid dienone is 2. The van der Waals surface area contributed by atoms with Gasteiger partial charge in [0.15, 0.2) is 0 Å². The third-order valence-electron chi connectivity index (χ3n) is 2.95. The van der Waals surface area contributed by atoms with E-state index in [1.165, 1.54) is 12.1 Å². The number of benzene rings is 1. The van der Waals surface area contributed by atoms with Crippen molar-refractivity contribution in [2.45, 2.75) is 26.2 Å². The highest BCUT2D eigenvalue weighted by Gasteiger charge is 2.14. The van der Waals surface area contributed by atoms with Crippen LogP contribution in [0, 0.1) is 17.6 Å². The summed E-state index contributed by atoms with van der Waals surface area (Å²) >= 11 is 0. The van der Waals surface area contributed by atoms with Crippen molar-refractivity contribution < 1.29 is 8.78 Å². The molecule has 15 heavy (non-hydrogen) atoms. The minimum Gasteiger partial charge on any atom is -0.207 e. The minimum absolute atomic E-state index is 0.322. The molecule has 1 aliphatic rings. The first-order valence-corrected chi connectivity index (χ1v) is 5.31. The van der Waals surface area contributed by atoms with Crippen molar-refractivity contribution in [3.8, 4) is 0 Å². The van der Waals surface area contributed by atoms with Crippen LogP contribution in [0.1, 0.15) is 31.7 Å². The smallest absolute Gasteiger partial charge is 0.130 e. The Labute approximate surface area is 88.6 Å². The topological polar surface area (TPSA) is 0 Å². The molecule has 0 amide bonds. The number of hydrogen-bond donors (Lipinski definition) is 0. The van der Waals surface area contributed by atoms with E-state index in [2.05, 4.69) is 6.92 Å². The van der Waals surface area contributed by atoms with E-state index in [4.69, 9.17) is 0 Å². The molecule has 1 atom stereocenters. The van der Waals surface area contributed by atoms with Crippen molar-refractivity contribution in [2.75, 3.05) is 0 Å². The predicted molar refractivity (Wildman–Crippen MR) is 57.4 cm³/mol. The SMILES string of the molecule is CC1CC=C(c2cc(F)ccc2F)CC1. The van der Waals surface area contributed by atoms with E-state index in [-0.39, 0.29) is 11.6 Å². The van der Waals surface area contributed by atoms with Gasteiger partial charge in [-0.1, -0.05) is 13.0 Å². The van der Waals surface area contributed by atoms with Gasteiger partial charge in [-0.2, -0.15) is 0 Å². The Morgan fingerprint density at radius 1 is 1.27 bits per heavy atom. The first kappa shape index (κ1) is 10.3. The molecule has 0 saturated heterocycles. The van der Waals surface area contributed by atoms with Gasteiger partial charge in [0.05, 0.1) is 0 Å².